The van der Waals surface area contributed by atoms with Crippen molar-refractivity contribution in [3.05, 3.63) is 50.8 Å². The Morgan fingerprint density at radius 2 is 2.10 bits per heavy atom. The van der Waals surface area contributed by atoms with Gasteiger partial charge in [0, 0.05) is 25.2 Å². The minimum atomic E-state index is 0.0300. The summed E-state index contributed by atoms with van der Waals surface area (Å²) in [6, 6.07) is 10.1. The first-order valence-corrected chi connectivity index (χ1v) is 8.37. The molecule has 0 bridgehead atoms. The summed E-state index contributed by atoms with van der Waals surface area (Å²) in [5.74, 6) is 1.81. The van der Waals surface area contributed by atoms with Crippen LogP contribution in [0.5, 0.6) is 5.75 Å². The maximum absolute atomic E-state index is 5.99. The predicted octanol–water partition coefficient (Wildman–Crippen LogP) is 3.70. The lowest BCUT2D eigenvalue weighted by Gasteiger charge is -2.27. The van der Waals surface area contributed by atoms with Crippen molar-refractivity contribution >= 4 is 31.9 Å². The van der Waals surface area contributed by atoms with E-state index in [2.05, 4.69) is 42.8 Å². The van der Waals surface area contributed by atoms with Crippen LogP contribution in [-0.2, 0) is 6.54 Å². The van der Waals surface area contributed by atoms with E-state index >= 15 is 0 Å². The molecule has 3 rings (SSSR count). The Balaban J connectivity index is 1.87. The second-order valence-corrected chi connectivity index (χ2v) is 6.52. The molecule has 0 saturated carbocycles. The maximum atomic E-state index is 5.99. The smallest absolute Gasteiger partial charge is 0.183 e. The topological polar surface area (TPSA) is 51.6 Å². The lowest BCUT2D eigenvalue weighted by molar-refractivity contribution is 0.155. The van der Waals surface area contributed by atoms with E-state index in [0.29, 0.717) is 17.8 Å². The van der Waals surface area contributed by atoms with Gasteiger partial charge in [0.05, 0.1) is 10.5 Å². The fourth-order valence-electron chi connectivity index (χ4n) is 2.58. The summed E-state index contributed by atoms with van der Waals surface area (Å²) in [5.41, 5.74) is 7.17. The first-order chi connectivity index (χ1) is 10.2. The summed E-state index contributed by atoms with van der Waals surface area (Å²) in [4.78, 5) is 2.30. The van der Waals surface area contributed by atoms with Gasteiger partial charge in [-0.25, -0.2) is 0 Å². The molecular weight excluding hydrogens is 400 g/mol. The normalized spacial score (nSPS) is 16.9. The van der Waals surface area contributed by atoms with E-state index in [0.717, 1.165) is 29.1 Å². The Kier molecular flexibility index (Phi) is 4.69. The minimum Gasteiger partial charge on any atom is -0.492 e. The minimum absolute atomic E-state index is 0.0300. The summed E-state index contributed by atoms with van der Waals surface area (Å²) in [5, 5.41) is 0. The molecule has 0 spiro atoms. The molecule has 4 nitrogen and oxygen atoms in total. The largest absolute Gasteiger partial charge is 0.492 e. The summed E-state index contributed by atoms with van der Waals surface area (Å²) in [7, 11) is 0. The quantitative estimate of drug-likeness (QED) is 0.830. The zero-order chi connectivity index (χ0) is 14.8. The van der Waals surface area contributed by atoms with E-state index in [1.54, 1.807) is 0 Å². The lowest BCUT2D eigenvalue weighted by atomic mass is 10.1. The van der Waals surface area contributed by atoms with Crippen LogP contribution in [0.15, 0.2) is 43.9 Å². The number of nitrogens with zero attached hydrogens (tertiary/aromatic N) is 1. The first kappa shape index (κ1) is 15.1. The highest BCUT2D eigenvalue weighted by Gasteiger charge is 2.26. The molecule has 1 aromatic carbocycles. The second-order valence-electron chi connectivity index (χ2n) is 4.95. The number of nitrogens with two attached hydrogens (primary N) is 1. The lowest BCUT2D eigenvalue weighted by Crippen LogP contribution is -2.34. The Morgan fingerprint density at radius 3 is 2.81 bits per heavy atom. The van der Waals surface area contributed by atoms with E-state index in [4.69, 9.17) is 14.9 Å². The molecule has 2 aromatic rings. The highest BCUT2D eigenvalue weighted by molar-refractivity contribution is 9.13. The standard InChI is InChI=1S/C15H16Br2N2O2/c16-11-7-14(21-15(11)17)12(8-18)19-5-6-20-13-4-2-1-3-10(13)9-19/h1-4,7,12H,5-6,8-9,18H2. The van der Waals surface area contributed by atoms with E-state index < -0.39 is 0 Å². The Morgan fingerprint density at radius 1 is 1.29 bits per heavy atom. The Bertz CT molecular complexity index is 610. The maximum Gasteiger partial charge on any atom is 0.183 e. The summed E-state index contributed by atoms with van der Waals surface area (Å²) in [6.45, 7) is 2.76. The molecule has 0 aliphatic carbocycles. The van der Waals surface area contributed by atoms with E-state index in [9.17, 15) is 0 Å². The SMILES string of the molecule is NCC(c1cc(Br)c(Br)o1)N1CCOc2ccccc2C1. The van der Waals surface area contributed by atoms with Gasteiger partial charge in [0.1, 0.15) is 18.1 Å². The highest BCUT2D eigenvalue weighted by Crippen LogP contribution is 2.34. The summed E-state index contributed by atoms with van der Waals surface area (Å²) < 4.78 is 13.2. The Hall–Kier alpha value is -0.820. The molecule has 0 radical (unpaired) electrons. The van der Waals surface area contributed by atoms with Gasteiger partial charge in [0.2, 0.25) is 0 Å². The third-order valence-electron chi connectivity index (χ3n) is 3.64. The van der Waals surface area contributed by atoms with Crippen molar-refractivity contribution in [3.8, 4) is 5.75 Å². The van der Waals surface area contributed by atoms with Crippen LogP contribution >= 0.6 is 31.9 Å². The second kappa shape index (κ2) is 6.52. The molecule has 2 heterocycles. The van der Waals surface area contributed by atoms with Crippen LogP contribution < -0.4 is 10.5 Å². The van der Waals surface area contributed by atoms with Crippen LogP contribution in [-0.4, -0.2) is 24.6 Å². The van der Waals surface area contributed by atoms with Gasteiger partial charge in [-0.3, -0.25) is 4.90 Å². The molecule has 0 fully saturated rings. The van der Waals surface area contributed by atoms with E-state index in [1.807, 2.05) is 24.3 Å². The van der Waals surface area contributed by atoms with E-state index in [1.165, 1.54) is 5.56 Å². The summed E-state index contributed by atoms with van der Waals surface area (Å²) in [6.07, 6.45) is 0. The van der Waals surface area contributed by atoms with Gasteiger partial charge < -0.3 is 14.9 Å². The molecule has 112 valence electrons. The molecule has 2 N–H and O–H groups in total. The number of halogens is 2. The summed E-state index contributed by atoms with van der Waals surface area (Å²) >= 11 is 6.84. The van der Waals surface area contributed by atoms with Gasteiger partial charge in [0.15, 0.2) is 4.67 Å². The molecule has 1 aliphatic heterocycles. The fraction of sp³-hybridized carbons (Fsp3) is 0.333. The molecule has 0 amide bonds. The molecular formula is C15H16Br2N2O2. The number of hydrogen-bond acceptors (Lipinski definition) is 4. The average Bonchev–Trinajstić information content (AvgIpc) is 2.70. The van der Waals surface area contributed by atoms with Gasteiger partial charge in [-0.15, -0.1) is 0 Å². The van der Waals surface area contributed by atoms with Crippen LogP contribution in [0.2, 0.25) is 0 Å². The van der Waals surface area contributed by atoms with Crippen LogP contribution in [0.25, 0.3) is 0 Å². The molecule has 6 heteroatoms. The van der Waals surface area contributed by atoms with Crippen molar-refractivity contribution in [2.75, 3.05) is 19.7 Å². The van der Waals surface area contributed by atoms with Crippen molar-refractivity contribution in [2.45, 2.75) is 12.6 Å². The Labute approximate surface area is 140 Å². The third kappa shape index (κ3) is 3.18. The van der Waals surface area contributed by atoms with Crippen LogP contribution in [0.3, 0.4) is 0 Å². The van der Waals surface area contributed by atoms with Gasteiger partial charge >= 0.3 is 0 Å². The van der Waals surface area contributed by atoms with Gasteiger partial charge in [-0.1, -0.05) is 18.2 Å². The van der Waals surface area contributed by atoms with Crippen molar-refractivity contribution < 1.29 is 9.15 Å². The number of para-hydroxylation sites is 1. The van der Waals surface area contributed by atoms with Gasteiger partial charge in [0.25, 0.3) is 0 Å². The molecule has 0 saturated heterocycles. The zero-order valence-corrected chi connectivity index (χ0v) is 14.6. The fourth-order valence-corrected chi connectivity index (χ4v) is 3.19. The number of rotatable bonds is 3. The molecule has 21 heavy (non-hydrogen) atoms. The van der Waals surface area contributed by atoms with Crippen molar-refractivity contribution in [1.29, 1.82) is 0 Å². The van der Waals surface area contributed by atoms with Crippen molar-refractivity contribution in [3.63, 3.8) is 0 Å². The molecule has 1 aromatic heterocycles. The first-order valence-electron chi connectivity index (χ1n) is 6.78. The van der Waals surface area contributed by atoms with Crippen molar-refractivity contribution in [2.24, 2.45) is 5.73 Å². The van der Waals surface area contributed by atoms with Crippen LogP contribution in [0, 0.1) is 0 Å². The highest BCUT2D eigenvalue weighted by atomic mass is 79.9. The number of hydrogen-bond donors (Lipinski definition) is 1. The number of ether oxygens (including phenoxy) is 1. The predicted molar refractivity (Wildman–Crippen MR) is 88.3 cm³/mol. The molecule has 1 aliphatic rings. The van der Waals surface area contributed by atoms with Crippen LogP contribution in [0.4, 0.5) is 0 Å². The van der Waals surface area contributed by atoms with Crippen LogP contribution in [0.1, 0.15) is 17.4 Å². The zero-order valence-electron chi connectivity index (χ0n) is 11.4. The van der Waals surface area contributed by atoms with Gasteiger partial charge in [-0.2, -0.15) is 0 Å². The monoisotopic (exact) mass is 414 g/mol. The number of furan rings is 1. The number of benzene rings is 1. The third-order valence-corrected chi connectivity index (χ3v) is 5.35. The molecule has 1 unspecified atom stereocenters. The van der Waals surface area contributed by atoms with E-state index in [-0.39, 0.29) is 6.04 Å². The molecule has 1 atom stereocenters. The number of fused-ring (bicyclic) bond motifs is 1. The van der Waals surface area contributed by atoms with Gasteiger partial charge in [-0.05, 0) is 44.0 Å². The average molecular weight is 416 g/mol. The van der Waals surface area contributed by atoms with Crippen molar-refractivity contribution in [1.82, 2.24) is 4.90 Å².